The second-order valence-corrected chi connectivity index (χ2v) is 19.5. The van der Waals surface area contributed by atoms with E-state index < -0.39 is 11.6 Å². The number of piperidine rings is 2. The van der Waals surface area contributed by atoms with Gasteiger partial charge in [0.1, 0.15) is 11.5 Å². The normalized spacial score (nSPS) is 21.4. The van der Waals surface area contributed by atoms with Crippen LogP contribution in [-0.4, -0.2) is 133 Å². The molecule has 4 fully saturated rings. The number of aromatic nitrogens is 12. The number of hydrogen-bond donors (Lipinski definition) is 4. The summed E-state index contributed by atoms with van der Waals surface area (Å²) in [6, 6.07) is 12.3. The SMILES string of the molecule is CC1(C)CC(Nc2nc(Cl)ncc2F)CC2CCCN21.COc1cc(N)cc(-n2nnnc2C)c1.COc1cc(Nc2ncc(F)c(NC3CC4CCCN4C(C)(C)C3)n2)cc(-n2nnnc2C)c1. The maximum atomic E-state index is 14.7. The van der Waals surface area contributed by atoms with Crippen molar-refractivity contribution in [1.82, 2.24) is 70.2 Å². The summed E-state index contributed by atoms with van der Waals surface area (Å²) in [6.45, 7) is 15.0. The van der Waals surface area contributed by atoms with Gasteiger partial charge in [-0.05, 0) is 151 Å². The minimum atomic E-state index is -0.465. The van der Waals surface area contributed by atoms with Gasteiger partial charge in [0, 0.05) is 70.9 Å². The minimum Gasteiger partial charge on any atom is -0.497 e. The average Bonchev–Trinajstić information content (AvgIpc) is 4.15. The quantitative estimate of drug-likeness (QED) is 0.0792. The van der Waals surface area contributed by atoms with Gasteiger partial charge in [0.2, 0.25) is 11.2 Å². The van der Waals surface area contributed by atoms with Crippen LogP contribution in [0.5, 0.6) is 11.5 Å². The number of nitrogens with one attached hydrogen (secondary N) is 3. The fourth-order valence-electron chi connectivity index (χ4n) is 10.4. The molecule has 0 amide bonds. The molecule has 368 valence electrons. The maximum absolute atomic E-state index is 14.7. The van der Waals surface area contributed by atoms with Crippen molar-refractivity contribution in [3.8, 4) is 22.9 Å². The Hall–Kier alpha value is -6.39. The molecule has 5 N–H and O–H groups in total. The summed E-state index contributed by atoms with van der Waals surface area (Å²) in [5, 5.41) is 32.7. The van der Waals surface area contributed by atoms with Crippen molar-refractivity contribution in [2.45, 2.75) is 128 Å². The minimum absolute atomic E-state index is 0.0754. The summed E-state index contributed by atoms with van der Waals surface area (Å²) < 4.78 is 42.1. The lowest BCUT2D eigenvalue weighted by atomic mass is 9.84. The number of aryl methyl sites for hydroxylation is 2. The maximum Gasteiger partial charge on any atom is 0.229 e. The van der Waals surface area contributed by atoms with Crippen LogP contribution >= 0.6 is 11.6 Å². The van der Waals surface area contributed by atoms with Gasteiger partial charge in [-0.1, -0.05) is 0 Å². The largest absolute Gasteiger partial charge is 0.497 e. The van der Waals surface area contributed by atoms with Gasteiger partial charge < -0.3 is 31.2 Å². The molecule has 0 radical (unpaired) electrons. The van der Waals surface area contributed by atoms with Crippen LogP contribution in [0.3, 0.4) is 0 Å². The summed E-state index contributed by atoms with van der Waals surface area (Å²) >= 11 is 5.74. The Morgan fingerprint density at radius 1 is 0.696 bits per heavy atom. The number of nitrogens with zero attached hydrogens (tertiary/aromatic N) is 14. The van der Waals surface area contributed by atoms with Gasteiger partial charge in [0.15, 0.2) is 34.9 Å². The molecule has 2 aromatic carbocycles. The Labute approximate surface area is 405 Å². The fraction of sp³-hybridized carbons (Fsp3) is 0.522. The van der Waals surface area contributed by atoms with Crippen molar-refractivity contribution in [3.63, 3.8) is 0 Å². The smallest absolute Gasteiger partial charge is 0.229 e. The average molecular weight is 972 g/mol. The van der Waals surface area contributed by atoms with Crippen molar-refractivity contribution < 1.29 is 18.3 Å². The van der Waals surface area contributed by atoms with Crippen LogP contribution in [0.15, 0.2) is 48.8 Å². The Morgan fingerprint density at radius 2 is 1.20 bits per heavy atom. The van der Waals surface area contributed by atoms with E-state index in [2.05, 4.69) is 104 Å². The van der Waals surface area contributed by atoms with E-state index in [0.29, 0.717) is 46.6 Å². The zero-order chi connectivity index (χ0) is 49.0. The number of benzene rings is 2. The summed E-state index contributed by atoms with van der Waals surface area (Å²) in [6.07, 6.45) is 11.1. The predicted octanol–water partition coefficient (Wildman–Crippen LogP) is 7.12. The highest BCUT2D eigenvalue weighted by molar-refractivity contribution is 6.28. The highest BCUT2D eigenvalue weighted by Gasteiger charge is 2.44. The molecule has 0 saturated carbocycles. The summed E-state index contributed by atoms with van der Waals surface area (Å²) in [7, 11) is 3.17. The lowest BCUT2D eigenvalue weighted by molar-refractivity contribution is 0.0498. The topological polar surface area (TPSA) is 226 Å². The van der Waals surface area contributed by atoms with Crippen LogP contribution in [0.2, 0.25) is 5.28 Å². The molecule has 69 heavy (non-hydrogen) atoms. The number of hydrogen-bond acceptors (Lipinski definition) is 18. The van der Waals surface area contributed by atoms with Gasteiger partial charge in [0.05, 0.1) is 38.0 Å². The van der Waals surface area contributed by atoms with Crippen LogP contribution in [0.1, 0.15) is 90.7 Å². The van der Waals surface area contributed by atoms with E-state index in [9.17, 15) is 8.78 Å². The first kappa shape index (κ1) is 49.0. The van der Waals surface area contributed by atoms with Crippen LogP contribution in [0.4, 0.5) is 37.7 Å². The number of rotatable bonds is 10. The molecule has 4 aliphatic rings. The van der Waals surface area contributed by atoms with Crippen LogP contribution in [0.25, 0.3) is 11.4 Å². The highest BCUT2D eigenvalue weighted by Crippen LogP contribution is 2.40. The van der Waals surface area contributed by atoms with Crippen molar-refractivity contribution in [3.05, 3.63) is 77.4 Å². The van der Waals surface area contributed by atoms with Gasteiger partial charge in [-0.3, -0.25) is 9.80 Å². The first-order chi connectivity index (χ1) is 33.0. The molecule has 4 unspecified atom stereocenters. The lowest BCUT2D eigenvalue weighted by Gasteiger charge is -2.47. The molecular weight excluding hydrogens is 910 g/mol. The van der Waals surface area contributed by atoms with E-state index in [4.69, 9.17) is 26.8 Å². The van der Waals surface area contributed by atoms with Crippen molar-refractivity contribution in [1.29, 1.82) is 0 Å². The second kappa shape index (κ2) is 20.7. The van der Waals surface area contributed by atoms with E-state index in [0.717, 1.165) is 49.8 Å². The van der Waals surface area contributed by atoms with Gasteiger partial charge in [-0.25, -0.2) is 18.7 Å². The van der Waals surface area contributed by atoms with Crippen molar-refractivity contribution in [2.75, 3.05) is 49.0 Å². The molecule has 4 saturated heterocycles. The predicted molar refractivity (Wildman–Crippen MR) is 258 cm³/mol. The van der Waals surface area contributed by atoms with Crippen LogP contribution in [0, 0.1) is 25.5 Å². The zero-order valence-corrected chi connectivity index (χ0v) is 41.0. The first-order valence-electron chi connectivity index (χ1n) is 23.2. The molecule has 10 rings (SSSR count). The Kier molecular flexibility index (Phi) is 14.7. The highest BCUT2D eigenvalue weighted by atomic mass is 35.5. The molecule has 23 heteroatoms. The number of nitrogens with two attached hydrogens (primary N) is 1. The van der Waals surface area contributed by atoms with E-state index in [1.54, 1.807) is 41.8 Å². The number of fused-ring (bicyclic) bond motifs is 2. The molecule has 4 aromatic heterocycles. The third-order valence-corrected chi connectivity index (χ3v) is 13.5. The lowest BCUT2D eigenvalue weighted by Crippen LogP contribution is -2.55. The van der Waals surface area contributed by atoms with Crippen LogP contribution < -0.4 is 31.2 Å². The van der Waals surface area contributed by atoms with E-state index in [1.807, 2.05) is 32.0 Å². The summed E-state index contributed by atoms with van der Waals surface area (Å²) in [5.41, 5.74) is 8.73. The molecule has 6 aromatic rings. The van der Waals surface area contributed by atoms with E-state index in [1.165, 1.54) is 38.4 Å². The second-order valence-electron chi connectivity index (χ2n) is 19.2. The number of tetrazole rings is 2. The number of methoxy groups -OCH3 is 2. The molecule has 0 bridgehead atoms. The van der Waals surface area contributed by atoms with Crippen LogP contribution in [-0.2, 0) is 0 Å². The van der Waals surface area contributed by atoms with E-state index >= 15 is 0 Å². The molecule has 4 aliphatic heterocycles. The molecule has 8 heterocycles. The molecule has 20 nitrogen and oxygen atoms in total. The van der Waals surface area contributed by atoms with Crippen molar-refractivity contribution >= 4 is 40.6 Å². The van der Waals surface area contributed by atoms with Gasteiger partial charge in [-0.15, -0.1) is 10.2 Å². The number of anilines is 5. The number of nitrogen functional groups attached to an aromatic ring is 1. The Bertz CT molecular complexity index is 2720. The first-order valence-corrected chi connectivity index (χ1v) is 23.5. The summed E-state index contributed by atoms with van der Waals surface area (Å²) in [4.78, 5) is 21.4. The molecular formula is C46H61ClF2N18O2. The van der Waals surface area contributed by atoms with Crippen molar-refractivity contribution in [2.24, 2.45) is 0 Å². The van der Waals surface area contributed by atoms with Gasteiger partial charge in [-0.2, -0.15) is 19.3 Å². The zero-order valence-electron chi connectivity index (χ0n) is 40.3. The fourth-order valence-corrected chi connectivity index (χ4v) is 10.5. The third-order valence-electron chi connectivity index (χ3n) is 13.3. The summed E-state index contributed by atoms with van der Waals surface area (Å²) in [5.74, 6) is 2.44. The van der Waals surface area contributed by atoms with Gasteiger partial charge in [0.25, 0.3) is 0 Å². The monoisotopic (exact) mass is 970 g/mol. The molecule has 0 aliphatic carbocycles. The third kappa shape index (κ3) is 11.6. The molecule has 0 spiro atoms. The Balaban J connectivity index is 0.000000155. The van der Waals surface area contributed by atoms with Gasteiger partial charge >= 0.3 is 0 Å². The standard InChI is InChI=1S/C23H30FN9O.C14H20ClFN4.C9H11N5O/c1-14-29-30-31-33(14)18-8-15(10-19(11-18)34-4)27-22-25-13-20(24)21(28-22)26-16-9-17-6-5-7-32(17)23(2,3)12-16;1-14(2)7-9(6-10-4-3-5-20(10)14)18-12-11(16)8-17-13(15)19-12;1-6-11-12-13-14(6)8-3-7(10)4-9(5-8)15-2/h8,10-11,13,16-17H,5-7,9,12H2,1-4H3,(H2,25,26,27,28);8-10H,3-7H2,1-2H3,(H,17,18,19);3-5H,10H2,1-2H3. The molecule has 4 atom stereocenters. The van der Waals surface area contributed by atoms with E-state index in [-0.39, 0.29) is 46.0 Å². The number of ether oxygens (including phenoxy) is 2. The number of halogens is 3. The Morgan fingerprint density at radius 3 is 1.72 bits per heavy atom.